The summed E-state index contributed by atoms with van der Waals surface area (Å²) >= 11 is 1.23. The maximum absolute atomic E-state index is 12.2. The number of para-hydroxylation sites is 1. The lowest BCUT2D eigenvalue weighted by Crippen LogP contribution is -2.42. The molecule has 0 aliphatic rings. The van der Waals surface area contributed by atoms with Gasteiger partial charge in [0.05, 0.1) is 17.9 Å². The molecule has 1 aromatic rings. The second-order valence-corrected chi connectivity index (χ2v) is 5.74. The first kappa shape index (κ1) is 19.3. The summed E-state index contributed by atoms with van der Waals surface area (Å²) in [4.78, 5) is 27.9. The maximum Gasteiger partial charge on any atom is 0.426 e. The van der Waals surface area contributed by atoms with Crippen LogP contribution in [0.5, 0.6) is 0 Å². The summed E-state index contributed by atoms with van der Waals surface area (Å²) < 4.78 is 4.89. The van der Waals surface area contributed by atoms with Gasteiger partial charge in [0.1, 0.15) is 0 Å². The van der Waals surface area contributed by atoms with Crippen LogP contribution in [0, 0.1) is 17.4 Å². The molecule has 0 spiro atoms. The molecular formula is C15H19N5O3S. The monoisotopic (exact) mass is 349 g/mol. The molecule has 0 atom stereocenters. The third-order valence-corrected chi connectivity index (χ3v) is 3.13. The zero-order valence-electron chi connectivity index (χ0n) is 13.6. The van der Waals surface area contributed by atoms with Crippen molar-refractivity contribution in [2.75, 3.05) is 12.9 Å². The van der Waals surface area contributed by atoms with Gasteiger partial charge in [-0.05, 0) is 24.3 Å². The number of carbonyl (C=O) groups excluding carboxylic acids is 2. The second kappa shape index (κ2) is 10.1. The third kappa shape index (κ3) is 6.58. The maximum atomic E-state index is 12.2. The van der Waals surface area contributed by atoms with Gasteiger partial charge in [0.2, 0.25) is 0 Å². The van der Waals surface area contributed by atoms with Gasteiger partial charge in [0.15, 0.2) is 11.4 Å². The minimum atomic E-state index is -0.742. The molecule has 0 bridgehead atoms. The molecule has 0 aliphatic heterocycles. The van der Waals surface area contributed by atoms with Crippen LogP contribution in [0.15, 0.2) is 29.3 Å². The van der Waals surface area contributed by atoms with Crippen LogP contribution in [0.3, 0.4) is 0 Å². The van der Waals surface area contributed by atoms with Crippen LogP contribution in [0.25, 0.3) is 0 Å². The molecule has 0 radical (unpaired) electrons. The van der Waals surface area contributed by atoms with Gasteiger partial charge in [-0.1, -0.05) is 37.7 Å². The zero-order chi connectivity index (χ0) is 17.9. The molecule has 1 aromatic carbocycles. The van der Waals surface area contributed by atoms with Crippen molar-refractivity contribution in [3.63, 3.8) is 0 Å². The van der Waals surface area contributed by atoms with E-state index >= 15 is 0 Å². The molecule has 0 saturated carbocycles. The molecule has 128 valence electrons. The fourth-order valence-corrected chi connectivity index (χ4v) is 1.84. The van der Waals surface area contributed by atoms with Gasteiger partial charge in [-0.15, -0.1) is 0 Å². The van der Waals surface area contributed by atoms with Crippen molar-refractivity contribution in [2.45, 2.75) is 13.8 Å². The predicted octanol–water partition coefficient (Wildman–Crippen LogP) is 2.13. The normalized spacial score (nSPS) is 10.7. The Morgan fingerprint density at radius 3 is 2.67 bits per heavy atom. The van der Waals surface area contributed by atoms with Crippen molar-refractivity contribution >= 4 is 34.6 Å². The predicted molar refractivity (Wildman–Crippen MR) is 92.6 cm³/mol. The van der Waals surface area contributed by atoms with E-state index in [1.54, 1.807) is 36.7 Å². The van der Waals surface area contributed by atoms with E-state index in [0.717, 1.165) is 0 Å². The van der Waals surface area contributed by atoms with Crippen molar-refractivity contribution < 1.29 is 14.3 Å². The van der Waals surface area contributed by atoms with Crippen LogP contribution < -0.4 is 16.2 Å². The summed E-state index contributed by atoms with van der Waals surface area (Å²) in [5.41, 5.74) is 5.04. The van der Waals surface area contributed by atoms with Gasteiger partial charge < -0.3 is 4.74 Å². The van der Waals surface area contributed by atoms with Gasteiger partial charge >= 0.3 is 6.09 Å². The van der Waals surface area contributed by atoms with Crippen LogP contribution >= 0.6 is 11.8 Å². The van der Waals surface area contributed by atoms with Gasteiger partial charge in [0, 0.05) is 0 Å². The number of hydrogen-bond donors (Lipinski definition) is 3. The van der Waals surface area contributed by atoms with Crippen LogP contribution in [0.4, 0.5) is 10.5 Å². The molecule has 0 fully saturated rings. The number of nitrogens with zero attached hydrogens (tertiary/aromatic N) is 2. The minimum Gasteiger partial charge on any atom is -0.448 e. The Morgan fingerprint density at radius 1 is 1.33 bits per heavy atom. The fraction of sp³-hybridized carbons (Fsp3) is 0.333. The Balaban J connectivity index is 2.78. The number of carbonyl (C=O) groups is 2. The molecule has 2 amide bonds. The minimum absolute atomic E-state index is 0.194. The topological polar surface area (TPSA) is 116 Å². The molecule has 9 heteroatoms. The average molecular weight is 349 g/mol. The third-order valence-electron chi connectivity index (χ3n) is 2.55. The number of amides is 2. The summed E-state index contributed by atoms with van der Waals surface area (Å²) in [6.45, 7) is 4.05. The molecular weight excluding hydrogens is 330 g/mol. The molecule has 0 saturated heterocycles. The highest BCUT2D eigenvalue weighted by atomic mass is 32.2. The first-order chi connectivity index (χ1) is 11.5. The summed E-state index contributed by atoms with van der Waals surface area (Å²) in [7, 11) is 0. The zero-order valence-corrected chi connectivity index (χ0v) is 14.4. The lowest BCUT2D eigenvalue weighted by Gasteiger charge is -2.11. The van der Waals surface area contributed by atoms with E-state index in [-0.39, 0.29) is 18.1 Å². The summed E-state index contributed by atoms with van der Waals surface area (Å²) in [6.07, 6.45) is 2.78. The standard InChI is InChI=1S/C15H19N5O3S/c1-10(2)8-23-15(22)20-19-13(21)11-6-4-5-7-12(11)18-14(24-3)17-9-16/h4-7,10H,8H2,1-3H3,(H,17,18)(H,19,21)(H,20,22). The van der Waals surface area contributed by atoms with Crippen molar-refractivity contribution in [2.24, 2.45) is 10.9 Å². The molecule has 3 N–H and O–H groups in total. The number of thioether (sulfide) groups is 1. The summed E-state index contributed by atoms with van der Waals surface area (Å²) in [5, 5.41) is 11.4. The van der Waals surface area contributed by atoms with Gasteiger partial charge in [0.25, 0.3) is 5.91 Å². The average Bonchev–Trinajstić information content (AvgIpc) is 2.57. The lowest BCUT2D eigenvalue weighted by molar-refractivity contribution is 0.0901. The van der Waals surface area contributed by atoms with Crippen molar-refractivity contribution in [3.8, 4) is 6.19 Å². The Hall–Kier alpha value is -2.73. The SMILES string of the molecule is CSC(=Nc1ccccc1C(=O)NNC(=O)OCC(C)C)NC#N. The number of aliphatic imine (C=N–C) groups is 1. The second-order valence-electron chi connectivity index (χ2n) is 4.95. The molecule has 1 rings (SSSR count). The van der Waals surface area contributed by atoms with E-state index < -0.39 is 12.0 Å². The summed E-state index contributed by atoms with van der Waals surface area (Å²) in [6, 6.07) is 6.56. The van der Waals surface area contributed by atoms with Crippen molar-refractivity contribution in [1.82, 2.24) is 16.2 Å². The van der Waals surface area contributed by atoms with E-state index in [9.17, 15) is 9.59 Å². The number of hydrazine groups is 1. The van der Waals surface area contributed by atoms with Gasteiger partial charge in [-0.3, -0.25) is 15.5 Å². The van der Waals surface area contributed by atoms with Crippen LogP contribution in [0.2, 0.25) is 0 Å². The highest BCUT2D eigenvalue weighted by Crippen LogP contribution is 2.19. The van der Waals surface area contributed by atoms with E-state index in [0.29, 0.717) is 10.9 Å². The highest BCUT2D eigenvalue weighted by molar-refractivity contribution is 8.13. The number of nitriles is 1. The van der Waals surface area contributed by atoms with E-state index in [1.165, 1.54) is 11.8 Å². The first-order valence-electron chi connectivity index (χ1n) is 7.07. The number of ether oxygens (including phenoxy) is 1. The van der Waals surface area contributed by atoms with Crippen LogP contribution in [-0.2, 0) is 4.74 Å². The van der Waals surface area contributed by atoms with Crippen LogP contribution in [0.1, 0.15) is 24.2 Å². The number of benzene rings is 1. The summed E-state index contributed by atoms with van der Waals surface area (Å²) in [5.74, 6) is -0.354. The highest BCUT2D eigenvalue weighted by Gasteiger charge is 2.13. The molecule has 0 unspecified atom stereocenters. The molecule has 0 heterocycles. The van der Waals surface area contributed by atoms with E-state index in [4.69, 9.17) is 10.00 Å². The molecule has 0 aromatic heterocycles. The lowest BCUT2D eigenvalue weighted by atomic mass is 10.2. The Morgan fingerprint density at radius 2 is 2.04 bits per heavy atom. The van der Waals surface area contributed by atoms with Gasteiger partial charge in [-0.25, -0.2) is 15.2 Å². The van der Waals surface area contributed by atoms with Gasteiger partial charge in [-0.2, -0.15) is 5.26 Å². The van der Waals surface area contributed by atoms with E-state index in [2.05, 4.69) is 21.2 Å². The smallest absolute Gasteiger partial charge is 0.426 e. The Labute approximate surface area is 144 Å². The van der Waals surface area contributed by atoms with Crippen molar-refractivity contribution in [3.05, 3.63) is 29.8 Å². The fourth-order valence-electron chi connectivity index (χ4n) is 1.50. The van der Waals surface area contributed by atoms with E-state index in [1.807, 2.05) is 13.8 Å². The quantitative estimate of drug-likeness (QED) is 0.252. The Bertz CT molecular complexity index is 655. The first-order valence-corrected chi connectivity index (χ1v) is 8.30. The largest absolute Gasteiger partial charge is 0.448 e. The number of rotatable bonds is 4. The number of amidine groups is 1. The molecule has 24 heavy (non-hydrogen) atoms. The molecule has 0 aliphatic carbocycles. The Kier molecular flexibility index (Phi) is 8.15. The van der Waals surface area contributed by atoms with Crippen LogP contribution in [-0.4, -0.2) is 30.0 Å². The molecule has 8 nitrogen and oxygen atoms in total. The number of nitrogens with one attached hydrogen (secondary N) is 3. The number of hydrogen-bond acceptors (Lipinski definition) is 6. The van der Waals surface area contributed by atoms with Crippen molar-refractivity contribution in [1.29, 1.82) is 5.26 Å².